The summed E-state index contributed by atoms with van der Waals surface area (Å²) in [6.45, 7) is 14.4. The number of alkyl halides is 2. The number of nitrogens with one attached hydrogen (secondary N) is 1. The van der Waals surface area contributed by atoms with Gasteiger partial charge in [0.15, 0.2) is 0 Å². The van der Waals surface area contributed by atoms with E-state index in [0.29, 0.717) is 43.6 Å². The second-order valence-corrected chi connectivity index (χ2v) is 10.9. The number of amides is 2. The van der Waals surface area contributed by atoms with Crippen molar-refractivity contribution in [1.29, 1.82) is 0 Å². The Balaban J connectivity index is 1.31. The highest BCUT2D eigenvalue weighted by Crippen LogP contribution is 2.43. The molecule has 0 aromatic heterocycles. The minimum atomic E-state index is -2.61. The Bertz CT molecular complexity index is 1030. The van der Waals surface area contributed by atoms with Crippen LogP contribution in [0.25, 0.3) is 0 Å². The fraction of sp³-hybridized carbons (Fsp3) is 0.571. The highest BCUT2D eigenvalue weighted by molar-refractivity contribution is 6.00. The molecule has 1 N–H and O–H groups in total. The molecular weight excluding hydrogens is 462 g/mol. The van der Waals surface area contributed by atoms with E-state index in [1.807, 2.05) is 30.9 Å². The number of hydrogen-bond acceptors (Lipinski definition) is 4. The lowest BCUT2D eigenvalue weighted by atomic mass is 9.72. The predicted octanol–water partition coefficient (Wildman–Crippen LogP) is 4.71. The van der Waals surface area contributed by atoms with Gasteiger partial charge in [-0.15, -0.1) is 0 Å². The van der Waals surface area contributed by atoms with E-state index in [9.17, 15) is 18.4 Å². The fourth-order valence-corrected chi connectivity index (χ4v) is 5.80. The number of unbranched alkanes of at least 4 members (excludes halogenated alkanes) is 2. The topological polar surface area (TPSA) is 55.9 Å². The number of aryl methyl sites for hydroxylation is 1. The van der Waals surface area contributed by atoms with Gasteiger partial charge in [0, 0.05) is 61.2 Å². The molecule has 6 nitrogen and oxygen atoms in total. The molecule has 0 aliphatic carbocycles. The van der Waals surface area contributed by atoms with Gasteiger partial charge < -0.3 is 15.1 Å². The largest absolute Gasteiger partial charge is 0.370 e. The van der Waals surface area contributed by atoms with Gasteiger partial charge in [-0.1, -0.05) is 32.9 Å². The SMILES string of the molecule is C=CN(C(=O)c1ccc(N2CC3(CN(CC(F)(F)CCCCC)C3)C2)cc1C)C1CCC(=C)NC1=O. The molecule has 1 unspecified atom stereocenters. The van der Waals surface area contributed by atoms with Crippen LogP contribution in [-0.2, 0) is 4.79 Å². The number of carbonyl (C=O) groups excluding carboxylic acids is 2. The average molecular weight is 501 g/mol. The minimum Gasteiger partial charge on any atom is -0.370 e. The van der Waals surface area contributed by atoms with Gasteiger partial charge in [0.1, 0.15) is 6.04 Å². The molecular formula is C28H38F2N4O2. The number of carbonyl (C=O) groups is 2. The van der Waals surface area contributed by atoms with Crippen LogP contribution in [0.15, 0.2) is 43.3 Å². The summed E-state index contributed by atoms with van der Waals surface area (Å²) >= 11 is 0. The summed E-state index contributed by atoms with van der Waals surface area (Å²) < 4.78 is 28.4. The Morgan fingerprint density at radius 3 is 2.61 bits per heavy atom. The lowest BCUT2D eigenvalue weighted by Crippen LogP contribution is -2.73. The summed E-state index contributed by atoms with van der Waals surface area (Å²) in [6.07, 6.45) is 4.92. The first-order valence-electron chi connectivity index (χ1n) is 13.0. The van der Waals surface area contributed by atoms with Gasteiger partial charge in [-0.25, -0.2) is 8.78 Å². The monoisotopic (exact) mass is 500 g/mol. The normalized spacial score (nSPS) is 21.6. The molecule has 3 heterocycles. The van der Waals surface area contributed by atoms with Crippen molar-refractivity contribution in [2.45, 2.75) is 64.3 Å². The van der Waals surface area contributed by atoms with Crippen molar-refractivity contribution in [3.05, 3.63) is 54.4 Å². The summed E-state index contributed by atoms with van der Waals surface area (Å²) in [5, 5.41) is 2.72. The van der Waals surface area contributed by atoms with E-state index < -0.39 is 12.0 Å². The summed E-state index contributed by atoms with van der Waals surface area (Å²) in [4.78, 5) is 31.2. The van der Waals surface area contributed by atoms with Crippen LogP contribution in [0.3, 0.4) is 0 Å². The van der Waals surface area contributed by atoms with Crippen LogP contribution in [0.4, 0.5) is 14.5 Å². The van der Waals surface area contributed by atoms with Crippen molar-refractivity contribution in [1.82, 2.24) is 15.1 Å². The lowest BCUT2D eigenvalue weighted by molar-refractivity contribution is -0.125. The molecule has 3 aliphatic rings. The first-order chi connectivity index (χ1) is 17.1. The maximum atomic E-state index is 14.2. The Hall–Kier alpha value is -2.74. The molecule has 0 saturated carbocycles. The maximum absolute atomic E-state index is 14.2. The van der Waals surface area contributed by atoms with Crippen molar-refractivity contribution in [3.63, 3.8) is 0 Å². The van der Waals surface area contributed by atoms with Gasteiger partial charge >= 0.3 is 0 Å². The number of likely N-dealkylation sites (tertiary alicyclic amines) is 1. The number of allylic oxidation sites excluding steroid dienone is 1. The van der Waals surface area contributed by atoms with Gasteiger partial charge in [0.25, 0.3) is 11.8 Å². The van der Waals surface area contributed by atoms with Crippen LogP contribution in [0, 0.1) is 12.3 Å². The lowest BCUT2D eigenvalue weighted by Gasteiger charge is -2.61. The molecule has 1 atom stereocenters. The fourth-order valence-electron chi connectivity index (χ4n) is 5.80. The van der Waals surface area contributed by atoms with E-state index in [0.717, 1.165) is 37.2 Å². The van der Waals surface area contributed by atoms with E-state index >= 15 is 0 Å². The van der Waals surface area contributed by atoms with E-state index in [2.05, 4.69) is 23.4 Å². The zero-order chi connectivity index (χ0) is 26.1. The van der Waals surface area contributed by atoms with E-state index in [-0.39, 0.29) is 30.2 Å². The van der Waals surface area contributed by atoms with E-state index in [1.54, 1.807) is 6.07 Å². The van der Waals surface area contributed by atoms with Crippen molar-refractivity contribution >= 4 is 17.5 Å². The van der Waals surface area contributed by atoms with Crippen LogP contribution in [0.2, 0.25) is 0 Å². The third-order valence-corrected chi connectivity index (χ3v) is 7.67. The van der Waals surface area contributed by atoms with Crippen molar-refractivity contribution in [2.75, 3.05) is 37.6 Å². The summed E-state index contributed by atoms with van der Waals surface area (Å²) in [6, 6.07) is 5.12. The van der Waals surface area contributed by atoms with E-state index in [4.69, 9.17) is 0 Å². The standard InChI is InChI=1S/C28H38F2N4O2/c1-5-7-8-13-28(29,30)19-32-15-27(16-32)17-33(18-27)22-10-11-23(20(3)14-22)26(36)34(6-2)24-12-9-21(4)31-25(24)35/h6,10-11,14,24H,2,4-5,7-9,12-13,15-19H2,1,3H3,(H,31,35). The Morgan fingerprint density at radius 2 is 2.00 bits per heavy atom. The van der Waals surface area contributed by atoms with Crippen LogP contribution in [0.1, 0.15) is 61.4 Å². The molecule has 1 aromatic rings. The number of piperidine rings is 1. The highest BCUT2D eigenvalue weighted by Gasteiger charge is 2.53. The molecule has 4 rings (SSSR count). The van der Waals surface area contributed by atoms with Crippen molar-refractivity contribution < 1.29 is 18.4 Å². The first-order valence-corrected chi connectivity index (χ1v) is 13.0. The van der Waals surface area contributed by atoms with Crippen molar-refractivity contribution in [2.24, 2.45) is 5.41 Å². The second kappa shape index (κ2) is 10.3. The van der Waals surface area contributed by atoms with Gasteiger partial charge in [-0.05, 0) is 49.9 Å². The number of nitrogens with zero attached hydrogens (tertiary/aromatic N) is 3. The molecule has 8 heteroatoms. The van der Waals surface area contributed by atoms with Gasteiger partial charge in [0.2, 0.25) is 5.91 Å². The van der Waals surface area contributed by atoms with E-state index in [1.165, 1.54) is 11.1 Å². The molecule has 3 aliphatic heterocycles. The number of benzene rings is 1. The molecule has 3 saturated heterocycles. The maximum Gasteiger partial charge on any atom is 0.260 e. The van der Waals surface area contributed by atoms with Crippen LogP contribution in [-0.4, -0.2) is 66.3 Å². The van der Waals surface area contributed by atoms with Gasteiger partial charge in [0.05, 0.1) is 6.54 Å². The number of halogens is 2. The third kappa shape index (κ3) is 5.48. The molecule has 3 fully saturated rings. The van der Waals surface area contributed by atoms with Crippen LogP contribution < -0.4 is 10.2 Å². The van der Waals surface area contributed by atoms with Crippen LogP contribution in [0.5, 0.6) is 0 Å². The Labute approximate surface area is 213 Å². The van der Waals surface area contributed by atoms with Gasteiger partial charge in [-0.3, -0.25) is 14.5 Å². The van der Waals surface area contributed by atoms with Gasteiger partial charge in [-0.2, -0.15) is 0 Å². The Morgan fingerprint density at radius 1 is 1.28 bits per heavy atom. The molecule has 196 valence electrons. The highest BCUT2D eigenvalue weighted by atomic mass is 19.3. The number of rotatable bonds is 10. The average Bonchev–Trinajstić information content (AvgIpc) is 2.76. The molecule has 0 bridgehead atoms. The predicted molar refractivity (Wildman–Crippen MR) is 138 cm³/mol. The molecule has 1 spiro atoms. The zero-order valence-corrected chi connectivity index (χ0v) is 21.5. The molecule has 1 aromatic carbocycles. The zero-order valence-electron chi connectivity index (χ0n) is 21.5. The summed E-state index contributed by atoms with van der Waals surface area (Å²) in [5.41, 5.74) is 3.14. The first kappa shape index (κ1) is 26.3. The summed E-state index contributed by atoms with van der Waals surface area (Å²) in [7, 11) is 0. The van der Waals surface area contributed by atoms with Crippen LogP contribution >= 0.6 is 0 Å². The smallest absolute Gasteiger partial charge is 0.260 e. The quantitative estimate of drug-likeness (QED) is 0.473. The number of hydrogen-bond donors (Lipinski definition) is 1. The molecule has 36 heavy (non-hydrogen) atoms. The van der Waals surface area contributed by atoms with Crippen molar-refractivity contribution in [3.8, 4) is 0 Å². The molecule has 2 amide bonds. The molecule has 0 radical (unpaired) electrons. The third-order valence-electron chi connectivity index (χ3n) is 7.67. The summed E-state index contributed by atoms with van der Waals surface area (Å²) in [5.74, 6) is -3.10. The second-order valence-electron chi connectivity index (χ2n) is 10.9. The number of anilines is 1. The Kier molecular flexibility index (Phi) is 7.55. The minimum absolute atomic E-state index is 0.0230.